The Morgan fingerprint density at radius 1 is 0.618 bits per heavy atom. The van der Waals surface area contributed by atoms with Gasteiger partial charge in [0.25, 0.3) is 0 Å². The molecule has 0 unspecified atom stereocenters. The first-order valence-corrected chi connectivity index (χ1v) is 20.9. The van der Waals surface area contributed by atoms with E-state index in [1.807, 2.05) is 6.56 Å². The molecule has 0 saturated carbocycles. The molecule has 2 aromatic rings. The topological polar surface area (TPSA) is 0 Å². The van der Waals surface area contributed by atoms with Crippen molar-refractivity contribution in [2.75, 3.05) is 0 Å². The molecule has 0 N–H and O–H groups in total. The van der Waals surface area contributed by atoms with Gasteiger partial charge in [0.2, 0.25) is 0 Å². The van der Waals surface area contributed by atoms with Crippen LogP contribution in [0.5, 0.6) is 0 Å². The molecule has 0 nitrogen and oxygen atoms in total. The predicted molar refractivity (Wildman–Crippen MR) is 152 cm³/mol. The van der Waals surface area contributed by atoms with Crippen LogP contribution in [0.15, 0.2) is 103 Å². The fourth-order valence-electron chi connectivity index (χ4n) is 5.14. The standard InChI is InChI=1S/2C14H15.C2H6Si.2ClH.Zr/c2*1-2-7-13(8-3-1)11-6-12-14-9-4-5-10-14;1-3-2;;;/h2*1-4,7-9H,5-6,11-12H2;1-2H3;2*1H;. The Morgan fingerprint density at radius 3 is 1.41 bits per heavy atom. The number of rotatable bonds is 10. The van der Waals surface area contributed by atoms with Gasteiger partial charge < -0.3 is 0 Å². The summed E-state index contributed by atoms with van der Waals surface area (Å²) in [4.78, 5) is 0. The van der Waals surface area contributed by atoms with E-state index in [1.54, 1.807) is 11.1 Å². The molecule has 4 heteroatoms. The summed E-state index contributed by atoms with van der Waals surface area (Å²) in [7, 11) is 0. The van der Waals surface area contributed by atoms with E-state index in [0.29, 0.717) is 0 Å². The summed E-state index contributed by atoms with van der Waals surface area (Å²) in [6, 6.07) is 22.0. The van der Waals surface area contributed by atoms with Gasteiger partial charge in [-0.05, 0) is 0 Å². The van der Waals surface area contributed by atoms with Gasteiger partial charge in [-0.1, -0.05) is 0 Å². The summed E-state index contributed by atoms with van der Waals surface area (Å²) < 4.78 is 3.89. The van der Waals surface area contributed by atoms with Crippen LogP contribution in [0.25, 0.3) is 0 Å². The van der Waals surface area contributed by atoms with Crippen LogP contribution in [0, 0.1) is 0 Å². The fourth-order valence-corrected chi connectivity index (χ4v) is 23.4. The number of benzene rings is 2. The maximum atomic E-state index is 2.61. The first-order valence-electron chi connectivity index (χ1n) is 12.3. The zero-order valence-corrected chi connectivity index (χ0v) is 25.6. The van der Waals surface area contributed by atoms with Crippen LogP contribution in [-0.2, 0) is 33.2 Å². The van der Waals surface area contributed by atoms with E-state index in [4.69, 9.17) is 0 Å². The average Bonchev–Trinajstić information content (AvgIpc) is 3.46. The van der Waals surface area contributed by atoms with Gasteiger partial charge in [0.05, 0.1) is 0 Å². The van der Waals surface area contributed by atoms with Gasteiger partial charge in [-0.25, -0.2) is 0 Å². The van der Waals surface area contributed by atoms with E-state index >= 15 is 0 Å². The van der Waals surface area contributed by atoms with Crippen molar-refractivity contribution < 1.29 is 20.4 Å². The average molecular weight is 589 g/mol. The molecule has 0 amide bonds. The minimum absolute atomic E-state index is 0. The van der Waals surface area contributed by atoms with Crippen molar-refractivity contribution in [3.05, 3.63) is 114 Å². The van der Waals surface area contributed by atoms with Gasteiger partial charge >= 0.3 is 204 Å². The van der Waals surface area contributed by atoms with Crippen LogP contribution >= 0.6 is 24.8 Å². The van der Waals surface area contributed by atoms with Gasteiger partial charge in [0, 0.05) is 0 Å². The van der Waals surface area contributed by atoms with Gasteiger partial charge in [-0.2, -0.15) is 0 Å². The number of hydrogen-bond donors (Lipinski definition) is 0. The number of allylic oxidation sites excluding steroid dienone is 8. The SMILES string of the molecule is C[Si](C)=[Zr]([C]1=C(CCCc2ccccc2)C=CC1)[C]1=C(CCCc2ccccc2)C=CC1.Cl.Cl. The largest absolute Gasteiger partial charge is 0.147 e. The molecule has 0 atom stereocenters. The van der Waals surface area contributed by atoms with E-state index < -0.39 is 20.4 Å². The third-order valence-corrected chi connectivity index (χ3v) is 24.2. The molecule has 0 aliphatic heterocycles. The second-order valence-electron chi connectivity index (χ2n) is 9.27. The summed E-state index contributed by atoms with van der Waals surface area (Å²) >= 11 is -1.74. The maximum Gasteiger partial charge on any atom is -0.147 e. The van der Waals surface area contributed by atoms with Crippen molar-refractivity contribution in [3.63, 3.8) is 0 Å². The zero-order valence-electron chi connectivity index (χ0n) is 20.6. The van der Waals surface area contributed by atoms with E-state index in [-0.39, 0.29) is 30.2 Å². The van der Waals surface area contributed by atoms with Gasteiger partial charge in [-0.15, -0.1) is 24.8 Å². The van der Waals surface area contributed by atoms with Crippen molar-refractivity contribution in [1.29, 1.82) is 0 Å². The number of halogens is 2. The van der Waals surface area contributed by atoms with E-state index in [9.17, 15) is 0 Å². The Kier molecular flexibility index (Phi) is 13.1. The summed E-state index contributed by atoms with van der Waals surface area (Å²) in [6.07, 6.45) is 19.9. The molecule has 2 aromatic carbocycles. The monoisotopic (exact) mass is 586 g/mol. The van der Waals surface area contributed by atoms with E-state index in [1.165, 1.54) is 62.5 Å². The van der Waals surface area contributed by atoms with E-state index in [0.717, 1.165) is 0 Å². The molecule has 2 aliphatic carbocycles. The van der Waals surface area contributed by atoms with Crippen molar-refractivity contribution >= 4 is 30.2 Å². The Labute approximate surface area is 227 Å². The first kappa shape index (κ1) is 29.3. The molecule has 0 saturated heterocycles. The van der Waals surface area contributed by atoms with Crippen LogP contribution in [0.4, 0.5) is 0 Å². The first-order chi connectivity index (χ1) is 15.7. The summed E-state index contributed by atoms with van der Waals surface area (Å²) in [6.45, 7) is 5.22. The number of hydrogen-bond acceptors (Lipinski definition) is 0. The third kappa shape index (κ3) is 8.06. The second kappa shape index (κ2) is 15.2. The maximum absolute atomic E-state index is 2.61. The van der Waals surface area contributed by atoms with Gasteiger partial charge in [-0.3, -0.25) is 0 Å². The van der Waals surface area contributed by atoms with Crippen molar-refractivity contribution in [2.45, 2.75) is 64.5 Å². The molecule has 4 rings (SSSR count). The van der Waals surface area contributed by atoms with Crippen LogP contribution in [0.1, 0.15) is 49.7 Å². The molecule has 34 heavy (non-hydrogen) atoms. The van der Waals surface area contributed by atoms with Gasteiger partial charge in [0.15, 0.2) is 0 Å². The quantitative estimate of drug-likeness (QED) is 0.243. The molecule has 0 radical (unpaired) electrons. The van der Waals surface area contributed by atoms with Crippen molar-refractivity contribution in [3.8, 4) is 0 Å². The molecule has 0 heterocycles. The molecule has 180 valence electrons. The Bertz CT molecular complexity index is 994. The van der Waals surface area contributed by atoms with Gasteiger partial charge in [0.1, 0.15) is 0 Å². The van der Waals surface area contributed by atoms with E-state index in [2.05, 4.69) is 98.1 Å². The Balaban J connectivity index is 0.00000204. The molecular formula is C30H38Cl2SiZr. The van der Waals surface area contributed by atoms with Crippen LogP contribution in [0.3, 0.4) is 0 Å². The summed E-state index contributed by atoms with van der Waals surface area (Å²) in [5.74, 6) is 0. The molecule has 0 fully saturated rings. The van der Waals surface area contributed by atoms with Crippen molar-refractivity contribution in [1.82, 2.24) is 0 Å². The molecule has 0 bridgehead atoms. The smallest absolute Gasteiger partial charge is 0.147 e. The summed E-state index contributed by atoms with van der Waals surface area (Å²) in [5, 5.41) is 0. The molecule has 2 aliphatic rings. The normalized spacial score (nSPS) is 14.3. The minimum Gasteiger partial charge on any atom is -0.147 e. The zero-order chi connectivity index (χ0) is 22.2. The second-order valence-corrected chi connectivity index (χ2v) is 26.4. The third-order valence-electron chi connectivity index (χ3n) is 6.67. The minimum atomic E-state index is -1.74. The van der Waals surface area contributed by atoms with Crippen LogP contribution in [0.2, 0.25) is 13.1 Å². The fraction of sp³-hybridized carbons (Fsp3) is 0.333. The summed E-state index contributed by atoms with van der Waals surface area (Å²) in [5.41, 5.74) is 6.16. The Morgan fingerprint density at radius 2 is 1.03 bits per heavy atom. The molecule has 0 aromatic heterocycles. The van der Waals surface area contributed by atoms with Crippen molar-refractivity contribution in [2.24, 2.45) is 0 Å². The number of aryl methyl sites for hydroxylation is 2. The Hall–Kier alpha value is -0.920. The van der Waals surface area contributed by atoms with Crippen LogP contribution < -0.4 is 0 Å². The molecule has 0 spiro atoms. The predicted octanol–water partition coefficient (Wildman–Crippen LogP) is 9.17. The van der Waals surface area contributed by atoms with Crippen LogP contribution in [-0.4, -0.2) is 5.43 Å². The molecular weight excluding hydrogens is 551 g/mol.